The van der Waals surface area contributed by atoms with E-state index in [1.54, 1.807) is 30.0 Å². The van der Waals surface area contributed by atoms with Crippen LogP contribution in [0.5, 0.6) is 11.5 Å². The molecule has 0 atom stereocenters. The van der Waals surface area contributed by atoms with Gasteiger partial charge in [-0.2, -0.15) is 5.26 Å². The number of thioether (sulfide) groups is 1. The number of aromatic nitrogens is 2. The Morgan fingerprint density at radius 1 is 1.36 bits per heavy atom. The van der Waals surface area contributed by atoms with Crippen molar-refractivity contribution in [2.24, 2.45) is 0 Å². The first-order valence-electron chi connectivity index (χ1n) is 8.81. The monoisotopic (exact) mass is 418 g/mol. The maximum absolute atomic E-state index is 12.4. The van der Waals surface area contributed by atoms with E-state index in [9.17, 15) is 10.1 Å². The fraction of sp³-hybridized carbons (Fsp3) is 0.368. The van der Waals surface area contributed by atoms with Crippen LogP contribution in [0.3, 0.4) is 0 Å². The largest absolute Gasteiger partial charge is 0.493 e. The van der Waals surface area contributed by atoms with Gasteiger partial charge in [-0.1, -0.05) is 42.5 Å². The third-order valence-electron chi connectivity index (χ3n) is 3.51. The van der Waals surface area contributed by atoms with Crippen molar-refractivity contribution in [2.75, 3.05) is 24.8 Å². The lowest BCUT2D eigenvalue weighted by atomic mass is 10.1. The second kappa shape index (κ2) is 11.3. The molecule has 0 unspecified atom stereocenters. The zero-order chi connectivity index (χ0) is 20.4. The summed E-state index contributed by atoms with van der Waals surface area (Å²) in [7, 11) is 1.54. The average molecular weight is 419 g/mol. The summed E-state index contributed by atoms with van der Waals surface area (Å²) in [6.45, 7) is 4.52. The van der Waals surface area contributed by atoms with Gasteiger partial charge in [0.2, 0.25) is 5.13 Å². The van der Waals surface area contributed by atoms with Gasteiger partial charge in [-0.25, -0.2) is 0 Å². The minimum atomic E-state index is -0.531. The highest BCUT2D eigenvalue weighted by molar-refractivity contribution is 8.01. The van der Waals surface area contributed by atoms with Crippen LogP contribution < -0.4 is 14.8 Å². The molecule has 0 aliphatic rings. The summed E-state index contributed by atoms with van der Waals surface area (Å²) in [4.78, 5) is 12.4. The summed E-state index contributed by atoms with van der Waals surface area (Å²) in [5.41, 5.74) is 0.613. The normalized spacial score (nSPS) is 11.0. The standard InChI is InChI=1S/C19H22N4O3S2/c1-4-6-9-27-19-23-22-18(28-19)21-17(24)14(12-20)10-13-7-8-15(26-5-2)16(11-13)25-3/h7-8,10-11H,4-6,9H2,1-3H3,(H,21,22,24)/b14-10+. The van der Waals surface area contributed by atoms with E-state index in [1.165, 1.54) is 24.5 Å². The van der Waals surface area contributed by atoms with Crippen LogP contribution in [0.15, 0.2) is 28.1 Å². The Morgan fingerprint density at radius 2 is 2.18 bits per heavy atom. The molecule has 0 saturated carbocycles. The average Bonchev–Trinajstić information content (AvgIpc) is 3.14. The van der Waals surface area contributed by atoms with Crippen LogP contribution in [0, 0.1) is 11.3 Å². The fourth-order valence-electron chi connectivity index (χ4n) is 2.15. The van der Waals surface area contributed by atoms with E-state index >= 15 is 0 Å². The van der Waals surface area contributed by atoms with Crippen LogP contribution in [-0.4, -0.2) is 35.6 Å². The molecule has 1 N–H and O–H groups in total. The number of carbonyl (C=O) groups excluding carboxylic acids is 1. The van der Waals surface area contributed by atoms with E-state index in [2.05, 4.69) is 22.4 Å². The molecular formula is C19H22N4O3S2. The number of nitrogens with zero attached hydrogens (tertiary/aromatic N) is 3. The van der Waals surface area contributed by atoms with Gasteiger partial charge in [0.1, 0.15) is 11.6 Å². The first-order valence-corrected chi connectivity index (χ1v) is 10.6. The van der Waals surface area contributed by atoms with E-state index in [0.717, 1.165) is 22.9 Å². The number of nitriles is 1. The molecule has 7 nitrogen and oxygen atoms in total. The second-order valence-corrected chi connectivity index (χ2v) is 7.86. The van der Waals surface area contributed by atoms with E-state index in [1.807, 2.05) is 13.0 Å². The quantitative estimate of drug-likeness (QED) is 0.201. The lowest BCUT2D eigenvalue weighted by molar-refractivity contribution is -0.112. The Balaban J connectivity index is 2.10. The van der Waals surface area contributed by atoms with Gasteiger partial charge in [-0.3, -0.25) is 10.1 Å². The molecule has 0 spiro atoms. The Morgan fingerprint density at radius 3 is 2.86 bits per heavy atom. The van der Waals surface area contributed by atoms with Gasteiger partial charge in [0, 0.05) is 5.75 Å². The van der Waals surface area contributed by atoms with E-state index in [4.69, 9.17) is 9.47 Å². The van der Waals surface area contributed by atoms with Crippen molar-refractivity contribution >= 4 is 40.2 Å². The molecule has 9 heteroatoms. The van der Waals surface area contributed by atoms with Gasteiger partial charge in [0.25, 0.3) is 5.91 Å². The van der Waals surface area contributed by atoms with Crippen LogP contribution in [0.25, 0.3) is 6.08 Å². The van der Waals surface area contributed by atoms with Gasteiger partial charge < -0.3 is 9.47 Å². The number of rotatable bonds is 10. The third kappa shape index (κ3) is 6.25. The Hall–Kier alpha value is -2.57. The van der Waals surface area contributed by atoms with Gasteiger partial charge in [-0.15, -0.1) is 10.2 Å². The van der Waals surface area contributed by atoms with Crippen LogP contribution in [0.2, 0.25) is 0 Å². The lowest BCUT2D eigenvalue weighted by Crippen LogP contribution is -2.13. The SMILES string of the molecule is CCCCSc1nnc(NC(=O)/C(C#N)=C/c2ccc(OCC)c(OC)c2)s1. The highest BCUT2D eigenvalue weighted by Crippen LogP contribution is 2.29. The zero-order valence-corrected chi connectivity index (χ0v) is 17.7. The minimum absolute atomic E-state index is 0.0402. The van der Waals surface area contributed by atoms with Crippen LogP contribution in [-0.2, 0) is 4.79 Å². The van der Waals surface area contributed by atoms with Crippen molar-refractivity contribution in [3.63, 3.8) is 0 Å². The Bertz CT molecular complexity index is 874. The first kappa shape index (κ1) is 21.7. The molecule has 1 heterocycles. The number of ether oxygens (including phenoxy) is 2. The number of methoxy groups -OCH3 is 1. The Labute approximate surface area is 172 Å². The van der Waals surface area contributed by atoms with Crippen molar-refractivity contribution in [3.8, 4) is 17.6 Å². The van der Waals surface area contributed by atoms with Crippen molar-refractivity contribution in [2.45, 2.75) is 31.0 Å². The predicted octanol–water partition coefficient (Wildman–Crippen LogP) is 4.38. The van der Waals surface area contributed by atoms with E-state index < -0.39 is 5.91 Å². The molecule has 0 aliphatic carbocycles. The van der Waals surface area contributed by atoms with Gasteiger partial charge >= 0.3 is 0 Å². The van der Waals surface area contributed by atoms with E-state index in [-0.39, 0.29) is 5.57 Å². The molecule has 1 aromatic carbocycles. The summed E-state index contributed by atoms with van der Waals surface area (Å²) in [5.74, 6) is 1.57. The molecule has 28 heavy (non-hydrogen) atoms. The molecule has 0 saturated heterocycles. The van der Waals surface area contributed by atoms with E-state index in [0.29, 0.717) is 28.8 Å². The number of hydrogen-bond donors (Lipinski definition) is 1. The van der Waals surface area contributed by atoms with Crippen molar-refractivity contribution in [1.29, 1.82) is 5.26 Å². The highest BCUT2D eigenvalue weighted by Gasteiger charge is 2.14. The van der Waals surface area contributed by atoms with Gasteiger partial charge in [0.15, 0.2) is 15.8 Å². The summed E-state index contributed by atoms with van der Waals surface area (Å²) in [6.07, 6.45) is 3.70. The summed E-state index contributed by atoms with van der Waals surface area (Å²) >= 11 is 2.90. The van der Waals surface area contributed by atoms with Crippen LogP contribution >= 0.6 is 23.1 Å². The summed E-state index contributed by atoms with van der Waals surface area (Å²) in [6, 6.07) is 7.13. The molecule has 0 fully saturated rings. The topological polar surface area (TPSA) is 97.1 Å². The molecule has 1 amide bonds. The van der Waals surface area contributed by atoms with Crippen molar-refractivity contribution < 1.29 is 14.3 Å². The number of carbonyl (C=O) groups is 1. The van der Waals surface area contributed by atoms with Crippen molar-refractivity contribution in [3.05, 3.63) is 29.3 Å². The second-order valence-electron chi connectivity index (χ2n) is 5.54. The maximum atomic E-state index is 12.4. The van der Waals surface area contributed by atoms with Crippen LogP contribution in [0.4, 0.5) is 5.13 Å². The van der Waals surface area contributed by atoms with Gasteiger partial charge in [-0.05, 0) is 37.1 Å². The van der Waals surface area contributed by atoms with Crippen LogP contribution in [0.1, 0.15) is 32.3 Å². The summed E-state index contributed by atoms with van der Waals surface area (Å²) in [5, 5.41) is 20.4. The molecule has 2 aromatic rings. The molecule has 0 aliphatic heterocycles. The van der Waals surface area contributed by atoms with Gasteiger partial charge in [0.05, 0.1) is 13.7 Å². The number of amides is 1. The smallest absolute Gasteiger partial charge is 0.268 e. The molecule has 1 aromatic heterocycles. The predicted molar refractivity (Wildman–Crippen MR) is 112 cm³/mol. The number of hydrogen-bond acceptors (Lipinski definition) is 8. The Kier molecular flexibility index (Phi) is 8.78. The maximum Gasteiger partial charge on any atom is 0.268 e. The molecule has 148 valence electrons. The first-order chi connectivity index (χ1) is 13.6. The summed E-state index contributed by atoms with van der Waals surface area (Å²) < 4.78 is 11.6. The molecule has 2 rings (SSSR count). The lowest BCUT2D eigenvalue weighted by Gasteiger charge is -2.09. The molecule has 0 radical (unpaired) electrons. The molecule has 0 bridgehead atoms. The number of anilines is 1. The molecular weight excluding hydrogens is 396 g/mol. The third-order valence-corrected chi connectivity index (χ3v) is 5.57. The fourth-order valence-corrected chi connectivity index (χ4v) is 4.05. The minimum Gasteiger partial charge on any atom is -0.493 e. The highest BCUT2D eigenvalue weighted by atomic mass is 32.2. The zero-order valence-electron chi connectivity index (χ0n) is 16.0. The van der Waals surface area contributed by atoms with Crippen molar-refractivity contribution in [1.82, 2.24) is 10.2 Å². The number of unbranched alkanes of at least 4 members (excludes halogenated alkanes) is 1. The number of benzene rings is 1. The number of nitrogens with one attached hydrogen (secondary N) is 1.